The average Bonchev–Trinajstić information content (AvgIpc) is 3.48. The Morgan fingerprint density at radius 3 is 2.59 bits per heavy atom. The highest BCUT2D eigenvalue weighted by atomic mass is 79.9. The van der Waals surface area contributed by atoms with Crippen LogP contribution >= 0.6 is 15.9 Å². The molecule has 2 amide bonds. The van der Waals surface area contributed by atoms with E-state index in [0.717, 1.165) is 36.9 Å². The van der Waals surface area contributed by atoms with Crippen LogP contribution in [0.15, 0.2) is 41.4 Å². The van der Waals surface area contributed by atoms with Crippen LogP contribution in [0.5, 0.6) is 0 Å². The molecule has 1 saturated carbocycles. The van der Waals surface area contributed by atoms with E-state index in [9.17, 15) is 19.2 Å². The van der Waals surface area contributed by atoms with Gasteiger partial charge in [0.05, 0.1) is 35.6 Å². The Morgan fingerprint density at radius 2 is 1.84 bits per heavy atom. The number of fused-ring (bicyclic) bond motifs is 3. The van der Waals surface area contributed by atoms with Gasteiger partial charge in [-0.25, -0.2) is 15.0 Å². The number of halogens is 1. The van der Waals surface area contributed by atoms with Crippen molar-refractivity contribution in [2.24, 2.45) is 10.8 Å². The summed E-state index contributed by atoms with van der Waals surface area (Å²) in [5, 5.41) is 8.32. The molecule has 3 aliphatic rings. The predicted molar refractivity (Wildman–Crippen MR) is 184 cm³/mol. The molecule has 254 valence electrons. The fourth-order valence-electron chi connectivity index (χ4n) is 7.52. The Morgan fingerprint density at radius 1 is 1.06 bits per heavy atom. The first-order valence-electron chi connectivity index (χ1n) is 16.8. The molecule has 13 heteroatoms. The zero-order chi connectivity index (χ0) is 34.7. The van der Waals surface area contributed by atoms with Crippen LogP contribution in [-0.2, 0) is 33.8 Å². The molecule has 6 heterocycles. The second-order valence-electron chi connectivity index (χ2n) is 14.4. The molecule has 3 atom stereocenters. The van der Waals surface area contributed by atoms with Gasteiger partial charge in [-0.2, -0.15) is 5.10 Å². The Bertz CT molecular complexity index is 2010. The second-order valence-corrected chi connectivity index (χ2v) is 15.2. The number of pyridine rings is 2. The lowest BCUT2D eigenvalue weighted by Crippen LogP contribution is -2.45. The number of carbonyl (C=O) groups is 4. The number of amides is 2. The van der Waals surface area contributed by atoms with Gasteiger partial charge >= 0.3 is 0 Å². The molecule has 1 saturated heterocycles. The monoisotopic (exact) mass is 726 g/mol. The summed E-state index contributed by atoms with van der Waals surface area (Å²) < 4.78 is 2.16. The van der Waals surface area contributed by atoms with Gasteiger partial charge in [-0.15, -0.1) is 0 Å². The molecule has 12 nitrogen and oxygen atoms in total. The van der Waals surface area contributed by atoms with Crippen LogP contribution < -0.4 is 5.32 Å². The van der Waals surface area contributed by atoms with Gasteiger partial charge in [0.1, 0.15) is 22.7 Å². The number of nitrogens with zero attached hydrogens (tertiary/aromatic N) is 7. The van der Waals surface area contributed by atoms with Crippen LogP contribution in [-0.4, -0.2) is 76.6 Å². The van der Waals surface area contributed by atoms with Crippen molar-refractivity contribution in [1.29, 1.82) is 0 Å². The van der Waals surface area contributed by atoms with Crippen molar-refractivity contribution in [2.75, 3.05) is 6.54 Å². The van der Waals surface area contributed by atoms with E-state index in [4.69, 9.17) is 4.98 Å². The number of hydrogen-bond acceptors (Lipinski definition) is 9. The van der Waals surface area contributed by atoms with E-state index in [1.807, 2.05) is 26.0 Å². The topological polar surface area (TPSA) is 153 Å². The first-order valence-corrected chi connectivity index (χ1v) is 17.6. The van der Waals surface area contributed by atoms with E-state index in [0.29, 0.717) is 52.0 Å². The maximum absolute atomic E-state index is 14.3. The second kappa shape index (κ2) is 12.5. The molecule has 1 spiro atoms. The van der Waals surface area contributed by atoms with Gasteiger partial charge in [0.25, 0.3) is 0 Å². The highest BCUT2D eigenvalue weighted by Crippen LogP contribution is 2.59. The number of Topliss-reactive ketones (excluding diaryl/α,β-unsaturated/α-hetero) is 2. The van der Waals surface area contributed by atoms with E-state index in [-0.39, 0.29) is 53.5 Å². The van der Waals surface area contributed by atoms with E-state index in [1.165, 1.54) is 11.6 Å². The summed E-state index contributed by atoms with van der Waals surface area (Å²) in [4.78, 5) is 74.0. The summed E-state index contributed by atoms with van der Waals surface area (Å²) in [6, 6.07) is 4.80. The molecule has 49 heavy (non-hydrogen) atoms. The largest absolute Gasteiger partial charge is 0.355 e. The molecule has 4 aromatic rings. The molecular weight excluding hydrogens is 688 g/mol. The van der Waals surface area contributed by atoms with Crippen molar-refractivity contribution in [2.45, 2.75) is 91.3 Å². The number of ketones is 2. The molecule has 2 bridgehead atoms. The molecule has 0 radical (unpaired) electrons. The summed E-state index contributed by atoms with van der Waals surface area (Å²) in [5.74, 6) is 0.0359. The van der Waals surface area contributed by atoms with Gasteiger partial charge in [-0.3, -0.25) is 28.8 Å². The Labute approximate surface area is 292 Å². The third-order valence-electron chi connectivity index (χ3n) is 10.5. The van der Waals surface area contributed by atoms with E-state index in [1.54, 1.807) is 36.5 Å². The summed E-state index contributed by atoms with van der Waals surface area (Å²) in [6.07, 6.45) is 9.47. The van der Waals surface area contributed by atoms with Gasteiger partial charge in [0, 0.05) is 53.7 Å². The fourth-order valence-corrected chi connectivity index (χ4v) is 7.87. The minimum absolute atomic E-state index is 0.00936. The lowest BCUT2D eigenvalue weighted by atomic mass is 9.85. The van der Waals surface area contributed by atoms with Crippen LogP contribution in [0.4, 0.5) is 0 Å². The standard InChI is InChI=1S/C36H39BrN8O4/c1-20(46)33-24-11-25(23-15-38-21(2)39-16-23)40-17-28(24)44(43-33)18-32(48)45-27-13-36(14-30(36)45)19-41-34(49)35(3,4)10-6-5-7-22-8-9-31(37)42-26(22)12-29(27)47/h8-9,11,15-17,27,30H,5-7,10,12-14,18-19H2,1-4H3,(H,41,49)/t27-,30+,36-/m0/s1. The van der Waals surface area contributed by atoms with Gasteiger partial charge in [-0.1, -0.05) is 26.3 Å². The van der Waals surface area contributed by atoms with E-state index < -0.39 is 11.5 Å². The molecule has 4 aromatic heterocycles. The van der Waals surface area contributed by atoms with Crippen LogP contribution in [0.3, 0.4) is 0 Å². The van der Waals surface area contributed by atoms with Crippen molar-refractivity contribution in [1.82, 2.24) is 39.9 Å². The SMILES string of the molecule is CC(=O)c1nn(CC(=O)N2[C@H]3C[C@@]4(CNC(=O)C(C)(C)CCCCc5ccc(Br)nc5CC3=O)C[C@@H]24)c2cnc(-c3cnc(C)nc3)cc12. The minimum atomic E-state index is -0.671. The molecule has 1 N–H and O–H groups in total. The first kappa shape index (κ1) is 33.1. The minimum Gasteiger partial charge on any atom is -0.355 e. The van der Waals surface area contributed by atoms with E-state index >= 15 is 0 Å². The van der Waals surface area contributed by atoms with Gasteiger partial charge < -0.3 is 10.2 Å². The highest BCUT2D eigenvalue weighted by molar-refractivity contribution is 9.10. The molecule has 2 fully saturated rings. The number of carbonyl (C=O) groups excluding carboxylic acids is 4. The maximum Gasteiger partial charge on any atom is 0.245 e. The summed E-state index contributed by atoms with van der Waals surface area (Å²) >= 11 is 3.48. The van der Waals surface area contributed by atoms with Gasteiger partial charge in [0.2, 0.25) is 11.8 Å². The molecule has 0 unspecified atom stereocenters. The number of aryl methyl sites for hydroxylation is 2. The predicted octanol–water partition coefficient (Wildman–Crippen LogP) is 4.60. The number of aromatic nitrogens is 6. The Hall–Kier alpha value is -4.39. The zero-order valence-corrected chi connectivity index (χ0v) is 29.7. The third-order valence-corrected chi connectivity index (χ3v) is 10.9. The lowest BCUT2D eigenvalue weighted by molar-refractivity contribution is -0.139. The average molecular weight is 728 g/mol. The molecule has 0 aromatic carbocycles. The van der Waals surface area contributed by atoms with Crippen LogP contribution in [0.25, 0.3) is 22.2 Å². The molecule has 2 aliphatic heterocycles. The van der Waals surface area contributed by atoms with Crippen molar-refractivity contribution < 1.29 is 19.2 Å². The van der Waals surface area contributed by atoms with Crippen molar-refractivity contribution >= 4 is 50.2 Å². The molecular formula is C36H39BrN8O4. The summed E-state index contributed by atoms with van der Waals surface area (Å²) in [7, 11) is 0. The van der Waals surface area contributed by atoms with E-state index in [2.05, 4.69) is 41.3 Å². The number of nitrogens with one attached hydrogen (secondary N) is 1. The number of hydrogen-bond donors (Lipinski definition) is 1. The van der Waals surface area contributed by atoms with Crippen molar-refractivity contribution in [3.05, 3.63) is 64.2 Å². The third kappa shape index (κ3) is 6.28. The number of piperidine rings is 1. The quantitative estimate of drug-likeness (QED) is 0.235. The first-order chi connectivity index (χ1) is 23.3. The fraction of sp³-hybridized carbons (Fsp3) is 0.472. The Balaban J connectivity index is 1.21. The summed E-state index contributed by atoms with van der Waals surface area (Å²) in [5.41, 5.74) is 2.85. The van der Waals surface area contributed by atoms with Crippen molar-refractivity contribution in [3.8, 4) is 11.3 Å². The van der Waals surface area contributed by atoms with Crippen molar-refractivity contribution in [3.63, 3.8) is 0 Å². The van der Waals surface area contributed by atoms with Gasteiger partial charge in [-0.05, 0) is 72.7 Å². The lowest BCUT2D eigenvalue weighted by Gasteiger charge is -2.27. The number of rotatable bonds is 4. The van der Waals surface area contributed by atoms with Crippen LogP contribution in [0.1, 0.15) is 80.4 Å². The number of likely N-dealkylation sites (tertiary alicyclic amines) is 1. The zero-order valence-electron chi connectivity index (χ0n) is 28.1. The van der Waals surface area contributed by atoms with Crippen LogP contribution in [0.2, 0.25) is 0 Å². The molecule has 1 aliphatic carbocycles. The van der Waals surface area contributed by atoms with Crippen LogP contribution in [0, 0.1) is 17.8 Å². The Kier molecular flexibility index (Phi) is 8.45. The normalized spacial score (nSPS) is 23.7. The summed E-state index contributed by atoms with van der Waals surface area (Å²) in [6.45, 7) is 7.42. The maximum atomic E-state index is 14.3. The smallest absolute Gasteiger partial charge is 0.245 e. The molecule has 7 rings (SSSR count). The van der Waals surface area contributed by atoms with Gasteiger partial charge in [0.15, 0.2) is 11.6 Å². The highest BCUT2D eigenvalue weighted by Gasteiger charge is 2.67.